The number of nitrogens with one attached hydrogen (secondary N) is 1. The van der Waals surface area contributed by atoms with Crippen LogP contribution in [0.1, 0.15) is 10.4 Å². The number of amides is 1. The first-order valence-corrected chi connectivity index (χ1v) is 10.5. The predicted octanol–water partition coefficient (Wildman–Crippen LogP) is 2.17. The second-order valence-electron chi connectivity index (χ2n) is 6.35. The normalized spacial score (nSPS) is 14.7. The lowest BCUT2D eigenvalue weighted by atomic mass is 10.1. The number of para-hydroxylation sites is 1. The number of anilines is 3. The quantitative estimate of drug-likeness (QED) is 0.848. The Morgan fingerprint density at radius 1 is 1.07 bits per heavy atom. The molecule has 0 spiro atoms. The van der Waals surface area contributed by atoms with Crippen LogP contribution >= 0.6 is 0 Å². The number of ether oxygens (including phenoxy) is 1. The molecule has 0 atom stereocenters. The Bertz CT molecular complexity index is 907. The summed E-state index contributed by atoms with van der Waals surface area (Å²) in [5, 5.41) is 2.83. The van der Waals surface area contributed by atoms with Crippen LogP contribution in [-0.4, -0.2) is 53.9 Å². The van der Waals surface area contributed by atoms with Gasteiger partial charge in [0, 0.05) is 31.5 Å². The number of rotatable bonds is 5. The van der Waals surface area contributed by atoms with Crippen molar-refractivity contribution in [2.45, 2.75) is 0 Å². The third kappa shape index (κ3) is 4.58. The molecule has 1 heterocycles. The molecule has 0 aromatic heterocycles. The van der Waals surface area contributed by atoms with E-state index in [1.54, 1.807) is 24.3 Å². The molecule has 8 heteroatoms. The van der Waals surface area contributed by atoms with Crippen molar-refractivity contribution in [3.8, 4) is 0 Å². The molecule has 0 radical (unpaired) electrons. The van der Waals surface area contributed by atoms with Crippen molar-refractivity contribution in [2.75, 3.05) is 54.1 Å². The van der Waals surface area contributed by atoms with Crippen molar-refractivity contribution < 1.29 is 17.9 Å². The minimum atomic E-state index is -3.47. The van der Waals surface area contributed by atoms with Gasteiger partial charge < -0.3 is 15.0 Å². The molecule has 1 saturated heterocycles. The number of benzene rings is 2. The Morgan fingerprint density at radius 2 is 1.70 bits per heavy atom. The van der Waals surface area contributed by atoms with Gasteiger partial charge in [0.15, 0.2) is 0 Å². The highest BCUT2D eigenvalue weighted by Gasteiger charge is 2.19. The van der Waals surface area contributed by atoms with Crippen molar-refractivity contribution >= 4 is 33.0 Å². The number of hydrogen-bond donors (Lipinski definition) is 1. The topological polar surface area (TPSA) is 79.0 Å². The lowest BCUT2D eigenvalue weighted by Gasteiger charge is -2.28. The van der Waals surface area contributed by atoms with Gasteiger partial charge >= 0.3 is 0 Å². The number of carbonyl (C=O) groups is 1. The maximum atomic E-state index is 12.7. The molecule has 0 aliphatic carbocycles. The molecule has 2 aromatic carbocycles. The van der Waals surface area contributed by atoms with E-state index in [2.05, 4.69) is 10.2 Å². The summed E-state index contributed by atoms with van der Waals surface area (Å²) in [5.41, 5.74) is 2.35. The van der Waals surface area contributed by atoms with Crippen LogP contribution < -0.4 is 14.5 Å². The van der Waals surface area contributed by atoms with Crippen molar-refractivity contribution in [2.24, 2.45) is 0 Å². The molecular formula is C19H23N3O4S. The van der Waals surface area contributed by atoms with Gasteiger partial charge in [0.1, 0.15) is 0 Å². The Kier molecular flexibility index (Phi) is 5.67. The maximum Gasteiger partial charge on any atom is 0.257 e. The zero-order valence-corrected chi connectivity index (χ0v) is 16.2. The van der Waals surface area contributed by atoms with E-state index in [0.717, 1.165) is 29.3 Å². The summed E-state index contributed by atoms with van der Waals surface area (Å²) < 4.78 is 30.1. The van der Waals surface area contributed by atoms with E-state index in [1.165, 1.54) is 7.05 Å². The summed E-state index contributed by atoms with van der Waals surface area (Å²) in [4.78, 5) is 14.9. The molecule has 1 amide bonds. The second kappa shape index (κ2) is 7.98. The van der Waals surface area contributed by atoms with Crippen LogP contribution in [0.25, 0.3) is 0 Å². The third-order valence-corrected chi connectivity index (χ3v) is 5.68. The fraction of sp³-hybridized carbons (Fsp3) is 0.316. The van der Waals surface area contributed by atoms with Crippen molar-refractivity contribution in [1.29, 1.82) is 0 Å². The fourth-order valence-electron chi connectivity index (χ4n) is 2.89. The van der Waals surface area contributed by atoms with Gasteiger partial charge in [-0.1, -0.05) is 12.1 Å². The van der Waals surface area contributed by atoms with Gasteiger partial charge in [0.25, 0.3) is 5.91 Å². The molecular weight excluding hydrogens is 366 g/mol. The van der Waals surface area contributed by atoms with Crippen LogP contribution in [0, 0.1) is 0 Å². The highest BCUT2D eigenvalue weighted by atomic mass is 32.2. The van der Waals surface area contributed by atoms with Crippen LogP contribution in [0.3, 0.4) is 0 Å². The first kappa shape index (κ1) is 19.2. The van der Waals surface area contributed by atoms with Gasteiger partial charge in [-0.05, 0) is 36.4 Å². The van der Waals surface area contributed by atoms with Crippen LogP contribution in [0.5, 0.6) is 0 Å². The number of sulfonamides is 1. The third-order valence-electron chi connectivity index (χ3n) is 4.49. The lowest BCUT2D eigenvalue weighted by Crippen LogP contribution is -2.36. The van der Waals surface area contributed by atoms with E-state index >= 15 is 0 Å². The van der Waals surface area contributed by atoms with E-state index in [-0.39, 0.29) is 5.91 Å². The van der Waals surface area contributed by atoms with Crippen LogP contribution in [-0.2, 0) is 14.8 Å². The summed E-state index contributed by atoms with van der Waals surface area (Å²) in [6.07, 6.45) is 1.10. The van der Waals surface area contributed by atoms with Gasteiger partial charge in [0.05, 0.1) is 30.7 Å². The molecule has 1 aliphatic rings. The van der Waals surface area contributed by atoms with E-state index in [4.69, 9.17) is 4.74 Å². The smallest absolute Gasteiger partial charge is 0.257 e. The van der Waals surface area contributed by atoms with Crippen LogP contribution in [0.4, 0.5) is 17.1 Å². The van der Waals surface area contributed by atoms with Gasteiger partial charge in [-0.2, -0.15) is 0 Å². The summed E-state index contributed by atoms with van der Waals surface area (Å²) >= 11 is 0. The molecule has 144 valence electrons. The van der Waals surface area contributed by atoms with Gasteiger partial charge in [-0.15, -0.1) is 0 Å². The van der Waals surface area contributed by atoms with Gasteiger partial charge in [-0.3, -0.25) is 9.10 Å². The van der Waals surface area contributed by atoms with Crippen molar-refractivity contribution in [1.82, 2.24) is 0 Å². The molecule has 0 bridgehead atoms. The maximum absolute atomic E-state index is 12.7. The standard InChI is InChI=1S/C19H23N3O4S/c1-21(27(2,24)25)18-6-4-3-5-17(18)19(23)20-15-7-9-16(10-8-15)22-11-13-26-14-12-22/h3-10H,11-14H2,1-2H3,(H,20,23). The molecule has 1 fully saturated rings. The Hall–Kier alpha value is -2.58. The number of hydrogen-bond acceptors (Lipinski definition) is 5. The summed E-state index contributed by atoms with van der Waals surface area (Å²) in [6, 6.07) is 14.2. The Morgan fingerprint density at radius 3 is 2.33 bits per heavy atom. The zero-order chi connectivity index (χ0) is 19.4. The molecule has 3 rings (SSSR count). The predicted molar refractivity (Wildman–Crippen MR) is 107 cm³/mol. The minimum absolute atomic E-state index is 0.294. The number of carbonyl (C=O) groups excluding carboxylic acids is 1. The fourth-order valence-corrected chi connectivity index (χ4v) is 3.41. The van der Waals surface area contributed by atoms with E-state index in [0.29, 0.717) is 30.2 Å². The van der Waals surface area contributed by atoms with E-state index < -0.39 is 10.0 Å². The second-order valence-corrected chi connectivity index (χ2v) is 8.36. The van der Waals surface area contributed by atoms with Crippen LogP contribution in [0.15, 0.2) is 48.5 Å². The average molecular weight is 389 g/mol. The zero-order valence-electron chi connectivity index (χ0n) is 15.4. The summed E-state index contributed by atoms with van der Waals surface area (Å²) in [5.74, 6) is -0.361. The first-order valence-electron chi connectivity index (χ1n) is 8.63. The molecule has 0 unspecified atom stereocenters. The molecule has 1 aliphatic heterocycles. The van der Waals surface area contributed by atoms with Gasteiger partial charge in [-0.25, -0.2) is 8.42 Å². The highest BCUT2D eigenvalue weighted by Crippen LogP contribution is 2.24. The van der Waals surface area contributed by atoms with Gasteiger partial charge in [0.2, 0.25) is 10.0 Å². The van der Waals surface area contributed by atoms with Crippen molar-refractivity contribution in [3.63, 3.8) is 0 Å². The molecule has 1 N–H and O–H groups in total. The molecule has 7 nitrogen and oxygen atoms in total. The molecule has 27 heavy (non-hydrogen) atoms. The minimum Gasteiger partial charge on any atom is -0.378 e. The van der Waals surface area contributed by atoms with E-state index in [9.17, 15) is 13.2 Å². The van der Waals surface area contributed by atoms with Crippen molar-refractivity contribution in [3.05, 3.63) is 54.1 Å². The number of morpholine rings is 1. The Labute approximate surface area is 159 Å². The SMILES string of the molecule is CN(c1ccccc1C(=O)Nc1ccc(N2CCOCC2)cc1)S(C)(=O)=O. The largest absolute Gasteiger partial charge is 0.378 e. The monoisotopic (exact) mass is 389 g/mol. The first-order chi connectivity index (χ1) is 12.9. The summed E-state index contributed by atoms with van der Waals surface area (Å²) in [7, 11) is -2.04. The Balaban J connectivity index is 1.76. The lowest BCUT2D eigenvalue weighted by molar-refractivity contribution is 0.102. The molecule has 0 saturated carbocycles. The molecule has 2 aromatic rings. The number of nitrogens with zero attached hydrogens (tertiary/aromatic N) is 2. The van der Waals surface area contributed by atoms with E-state index in [1.807, 2.05) is 24.3 Å². The highest BCUT2D eigenvalue weighted by molar-refractivity contribution is 7.92. The average Bonchev–Trinajstić information content (AvgIpc) is 2.68. The summed E-state index contributed by atoms with van der Waals surface area (Å²) in [6.45, 7) is 3.11. The van der Waals surface area contributed by atoms with Crippen LogP contribution in [0.2, 0.25) is 0 Å².